The number of fused-ring (bicyclic) bond motifs is 1. The largest absolute Gasteiger partial charge is 0.484 e. The monoisotopic (exact) mass is 452 g/mol. The number of hydrogen-bond donors (Lipinski definition) is 1. The summed E-state index contributed by atoms with van der Waals surface area (Å²) < 4.78 is 7.72. The Balaban J connectivity index is 1.39. The molecule has 0 fully saturated rings. The maximum Gasteiger partial charge on any atom is 0.234 e. The second-order valence-corrected chi connectivity index (χ2v) is 8.08. The summed E-state index contributed by atoms with van der Waals surface area (Å²) in [6, 6.07) is 21.1. The molecular weight excluding hydrogens is 432 g/mol. The second kappa shape index (κ2) is 9.85. The lowest BCUT2D eigenvalue weighted by molar-refractivity contribution is -0.113. The van der Waals surface area contributed by atoms with Gasteiger partial charge in [0.15, 0.2) is 11.0 Å². The van der Waals surface area contributed by atoms with Gasteiger partial charge in [-0.25, -0.2) is 0 Å². The number of thioether (sulfide) groups is 1. The topological polar surface area (TPSA) is 69.0 Å². The molecule has 8 heteroatoms. The average Bonchev–Trinajstić information content (AvgIpc) is 3.19. The molecular formula is C23H21ClN4O2S. The Labute approximate surface area is 189 Å². The first kappa shape index (κ1) is 21.2. The fourth-order valence-electron chi connectivity index (χ4n) is 3.21. The molecule has 1 N–H and O–H groups in total. The second-order valence-electron chi connectivity index (χ2n) is 6.73. The summed E-state index contributed by atoms with van der Waals surface area (Å²) in [5.74, 6) is 1.41. The number of ether oxygens (including phenoxy) is 1. The van der Waals surface area contributed by atoms with E-state index < -0.39 is 0 Å². The molecule has 0 radical (unpaired) electrons. The zero-order valence-electron chi connectivity index (χ0n) is 16.9. The number of para-hydroxylation sites is 1. The fraction of sp³-hybridized carbons (Fsp3) is 0.174. The summed E-state index contributed by atoms with van der Waals surface area (Å²) in [7, 11) is 0. The number of anilines is 1. The van der Waals surface area contributed by atoms with Crippen LogP contribution >= 0.6 is 23.4 Å². The van der Waals surface area contributed by atoms with Crippen LogP contribution in [0.5, 0.6) is 5.75 Å². The van der Waals surface area contributed by atoms with E-state index in [1.54, 1.807) is 6.07 Å². The van der Waals surface area contributed by atoms with Crippen LogP contribution in [-0.2, 0) is 17.9 Å². The minimum absolute atomic E-state index is 0.0964. The van der Waals surface area contributed by atoms with E-state index in [0.717, 1.165) is 16.5 Å². The van der Waals surface area contributed by atoms with E-state index in [9.17, 15) is 4.79 Å². The van der Waals surface area contributed by atoms with Gasteiger partial charge in [-0.05, 0) is 30.5 Å². The van der Waals surface area contributed by atoms with Crippen molar-refractivity contribution in [2.75, 3.05) is 11.1 Å². The van der Waals surface area contributed by atoms with Crippen LogP contribution in [0, 0.1) is 0 Å². The molecule has 0 aliphatic carbocycles. The Morgan fingerprint density at radius 2 is 1.84 bits per heavy atom. The molecule has 4 rings (SSSR count). The fourth-order valence-corrected chi connectivity index (χ4v) is 4.22. The highest BCUT2D eigenvalue weighted by atomic mass is 35.5. The molecule has 1 aromatic heterocycles. The molecule has 0 spiro atoms. The molecule has 3 aromatic carbocycles. The van der Waals surface area contributed by atoms with Gasteiger partial charge in [0.2, 0.25) is 5.91 Å². The van der Waals surface area contributed by atoms with Crippen molar-refractivity contribution >= 4 is 45.7 Å². The molecule has 0 bridgehead atoms. The number of nitrogens with one attached hydrogen (secondary N) is 1. The number of aromatic nitrogens is 3. The van der Waals surface area contributed by atoms with Gasteiger partial charge in [-0.3, -0.25) is 4.79 Å². The molecule has 31 heavy (non-hydrogen) atoms. The normalized spacial score (nSPS) is 10.9. The van der Waals surface area contributed by atoms with Crippen molar-refractivity contribution in [3.05, 3.63) is 77.6 Å². The van der Waals surface area contributed by atoms with Crippen LogP contribution in [0.3, 0.4) is 0 Å². The van der Waals surface area contributed by atoms with Crippen LogP contribution in [0.15, 0.2) is 71.9 Å². The predicted octanol–water partition coefficient (Wildman–Crippen LogP) is 5.41. The standard InChI is InChI=1S/C23H21ClN4O2S/c1-2-28-21(14-30-20-13-6-5-11-18(20)24)26-27-23(28)31-15-22(29)25-19-12-7-9-16-8-3-4-10-17(16)19/h3-13H,2,14-15H2,1H3,(H,25,29). The third-order valence-electron chi connectivity index (χ3n) is 4.70. The molecule has 0 aliphatic heterocycles. The third kappa shape index (κ3) is 5.00. The summed E-state index contributed by atoms with van der Waals surface area (Å²) in [5, 5.41) is 14.8. The highest BCUT2D eigenvalue weighted by molar-refractivity contribution is 7.99. The van der Waals surface area contributed by atoms with Crippen molar-refractivity contribution in [1.29, 1.82) is 0 Å². The van der Waals surface area contributed by atoms with Crippen LogP contribution in [0.25, 0.3) is 10.8 Å². The van der Waals surface area contributed by atoms with Crippen molar-refractivity contribution in [3.8, 4) is 5.75 Å². The van der Waals surface area contributed by atoms with Gasteiger partial charge in [0.25, 0.3) is 0 Å². The summed E-state index contributed by atoms with van der Waals surface area (Å²) in [5.41, 5.74) is 0.800. The zero-order chi connectivity index (χ0) is 21.6. The van der Waals surface area contributed by atoms with Crippen molar-refractivity contribution < 1.29 is 9.53 Å². The lowest BCUT2D eigenvalue weighted by Gasteiger charge is -2.10. The highest BCUT2D eigenvalue weighted by Gasteiger charge is 2.15. The van der Waals surface area contributed by atoms with E-state index in [1.807, 2.05) is 72.2 Å². The molecule has 4 aromatic rings. The van der Waals surface area contributed by atoms with Crippen LogP contribution in [-0.4, -0.2) is 26.4 Å². The minimum Gasteiger partial charge on any atom is -0.484 e. The molecule has 6 nitrogen and oxygen atoms in total. The Hall–Kier alpha value is -3.03. The van der Waals surface area contributed by atoms with E-state index in [2.05, 4.69) is 15.5 Å². The average molecular weight is 453 g/mol. The van der Waals surface area contributed by atoms with Crippen molar-refractivity contribution in [3.63, 3.8) is 0 Å². The lowest BCUT2D eigenvalue weighted by Crippen LogP contribution is -2.15. The Morgan fingerprint density at radius 3 is 2.68 bits per heavy atom. The molecule has 1 heterocycles. The predicted molar refractivity (Wildman–Crippen MR) is 125 cm³/mol. The first-order valence-electron chi connectivity index (χ1n) is 9.85. The van der Waals surface area contributed by atoms with Crippen LogP contribution in [0.4, 0.5) is 5.69 Å². The van der Waals surface area contributed by atoms with Crippen molar-refractivity contribution in [2.45, 2.75) is 25.2 Å². The summed E-state index contributed by atoms with van der Waals surface area (Å²) in [4.78, 5) is 12.6. The summed E-state index contributed by atoms with van der Waals surface area (Å²) >= 11 is 7.49. The Bertz CT molecular complexity index is 1210. The highest BCUT2D eigenvalue weighted by Crippen LogP contribution is 2.26. The number of amides is 1. The Morgan fingerprint density at radius 1 is 1.06 bits per heavy atom. The van der Waals surface area contributed by atoms with Crippen molar-refractivity contribution in [2.24, 2.45) is 0 Å². The quantitative estimate of drug-likeness (QED) is 0.362. The molecule has 158 valence electrons. The van der Waals surface area contributed by atoms with Gasteiger partial charge < -0.3 is 14.6 Å². The first-order chi connectivity index (χ1) is 15.2. The number of nitrogens with zero attached hydrogens (tertiary/aromatic N) is 3. The number of halogens is 1. The number of benzene rings is 3. The summed E-state index contributed by atoms with van der Waals surface area (Å²) in [6.45, 7) is 2.91. The molecule has 0 atom stereocenters. The van der Waals surface area contributed by atoms with Gasteiger partial charge in [0, 0.05) is 17.6 Å². The Kier molecular flexibility index (Phi) is 6.74. The maximum absolute atomic E-state index is 12.6. The minimum atomic E-state index is -0.0964. The lowest BCUT2D eigenvalue weighted by atomic mass is 10.1. The van der Waals surface area contributed by atoms with E-state index in [4.69, 9.17) is 16.3 Å². The number of carbonyl (C=O) groups excluding carboxylic acids is 1. The maximum atomic E-state index is 12.6. The van der Waals surface area contributed by atoms with Crippen molar-refractivity contribution in [1.82, 2.24) is 14.8 Å². The molecule has 1 amide bonds. The van der Waals surface area contributed by atoms with Crippen LogP contribution < -0.4 is 10.1 Å². The molecule has 0 unspecified atom stereocenters. The van der Waals surface area contributed by atoms with Gasteiger partial charge >= 0.3 is 0 Å². The van der Waals surface area contributed by atoms with E-state index in [1.165, 1.54) is 11.8 Å². The number of rotatable bonds is 8. The smallest absolute Gasteiger partial charge is 0.234 e. The SMILES string of the molecule is CCn1c(COc2ccccc2Cl)nnc1SCC(=O)Nc1cccc2ccccc12. The van der Waals surface area contributed by atoms with Gasteiger partial charge in [0.1, 0.15) is 12.4 Å². The van der Waals surface area contributed by atoms with Gasteiger partial charge in [-0.15, -0.1) is 10.2 Å². The van der Waals surface area contributed by atoms with E-state index >= 15 is 0 Å². The van der Waals surface area contributed by atoms with Crippen LogP contribution in [0.2, 0.25) is 5.02 Å². The molecule has 0 saturated heterocycles. The van der Waals surface area contributed by atoms with Gasteiger partial charge in [-0.2, -0.15) is 0 Å². The van der Waals surface area contributed by atoms with E-state index in [-0.39, 0.29) is 18.3 Å². The van der Waals surface area contributed by atoms with Crippen LogP contribution in [0.1, 0.15) is 12.7 Å². The zero-order valence-corrected chi connectivity index (χ0v) is 18.5. The first-order valence-corrected chi connectivity index (χ1v) is 11.2. The van der Waals surface area contributed by atoms with Gasteiger partial charge in [0.05, 0.1) is 10.8 Å². The number of carbonyl (C=O) groups is 1. The van der Waals surface area contributed by atoms with E-state index in [0.29, 0.717) is 28.3 Å². The summed E-state index contributed by atoms with van der Waals surface area (Å²) in [6.07, 6.45) is 0. The number of hydrogen-bond acceptors (Lipinski definition) is 5. The molecule has 0 saturated carbocycles. The third-order valence-corrected chi connectivity index (χ3v) is 5.98. The van der Waals surface area contributed by atoms with Gasteiger partial charge in [-0.1, -0.05) is 71.9 Å². The molecule has 0 aliphatic rings.